The van der Waals surface area contributed by atoms with Gasteiger partial charge < -0.3 is 10.6 Å². The van der Waals surface area contributed by atoms with E-state index in [-0.39, 0.29) is 5.91 Å². The van der Waals surface area contributed by atoms with E-state index in [1.807, 2.05) is 6.07 Å². The Morgan fingerprint density at radius 2 is 2.50 bits per heavy atom. The van der Waals surface area contributed by atoms with E-state index in [1.165, 1.54) is 0 Å². The molecule has 1 saturated heterocycles. The Morgan fingerprint density at radius 3 is 3.12 bits per heavy atom. The molecule has 0 bridgehead atoms. The van der Waals surface area contributed by atoms with Gasteiger partial charge in [0.15, 0.2) is 0 Å². The molecule has 1 fully saturated rings. The molecule has 1 atom stereocenters. The van der Waals surface area contributed by atoms with Gasteiger partial charge in [-0.2, -0.15) is 0 Å². The lowest BCUT2D eigenvalue weighted by Crippen LogP contribution is -2.30. The number of nitrogens with one attached hydrogen (secondary N) is 2. The predicted molar refractivity (Wildman–Crippen MR) is 65.2 cm³/mol. The first-order valence-corrected chi connectivity index (χ1v) is 6.15. The first kappa shape index (κ1) is 11.5. The first-order chi connectivity index (χ1) is 7.75. The van der Waals surface area contributed by atoms with Crippen molar-refractivity contribution in [2.75, 3.05) is 19.6 Å². The maximum Gasteiger partial charge on any atom is 0.269 e. The average Bonchev–Trinajstić information content (AvgIpc) is 2.80. The molecule has 4 nitrogen and oxygen atoms in total. The molecule has 1 aliphatic rings. The molecule has 1 unspecified atom stereocenters. The number of hydrogen-bond donors (Lipinski definition) is 2. The SMILES string of the molecule is O=C(NCC1CCNC1)c1ccc(Br)cn1. The van der Waals surface area contributed by atoms with Crippen LogP contribution in [0.2, 0.25) is 0 Å². The van der Waals surface area contributed by atoms with E-state index in [1.54, 1.807) is 12.3 Å². The van der Waals surface area contributed by atoms with Crippen LogP contribution in [0.5, 0.6) is 0 Å². The highest BCUT2D eigenvalue weighted by atomic mass is 79.9. The molecule has 5 heteroatoms. The first-order valence-electron chi connectivity index (χ1n) is 5.36. The lowest BCUT2D eigenvalue weighted by molar-refractivity contribution is 0.0943. The van der Waals surface area contributed by atoms with Crippen LogP contribution in [0.25, 0.3) is 0 Å². The fraction of sp³-hybridized carbons (Fsp3) is 0.455. The van der Waals surface area contributed by atoms with Crippen LogP contribution in [-0.4, -0.2) is 30.5 Å². The summed E-state index contributed by atoms with van der Waals surface area (Å²) in [4.78, 5) is 15.8. The highest BCUT2D eigenvalue weighted by Crippen LogP contribution is 2.08. The molecule has 86 valence electrons. The van der Waals surface area contributed by atoms with Gasteiger partial charge in [-0.1, -0.05) is 0 Å². The van der Waals surface area contributed by atoms with Gasteiger partial charge in [0.1, 0.15) is 5.69 Å². The Morgan fingerprint density at radius 1 is 1.62 bits per heavy atom. The molecular formula is C11H14BrN3O. The van der Waals surface area contributed by atoms with Gasteiger partial charge in [0.2, 0.25) is 0 Å². The summed E-state index contributed by atoms with van der Waals surface area (Å²) < 4.78 is 0.879. The number of aromatic nitrogens is 1. The monoisotopic (exact) mass is 283 g/mol. The summed E-state index contributed by atoms with van der Waals surface area (Å²) in [5, 5.41) is 6.17. The van der Waals surface area contributed by atoms with Crippen molar-refractivity contribution < 1.29 is 4.79 Å². The minimum absolute atomic E-state index is 0.0978. The summed E-state index contributed by atoms with van der Waals surface area (Å²) in [6.45, 7) is 2.77. The van der Waals surface area contributed by atoms with Crippen LogP contribution < -0.4 is 10.6 Å². The van der Waals surface area contributed by atoms with Crippen molar-refractivity contribution in [3.63, 3.8) is 0 Å². The van der Waals surface area contributed by atoms with Crippen molar-refractivity contribution in [2.24, 2.45) is 5.92 Å². The Bertz CT molecular complexity index is 360. The largest absolute Gasteiger partial charge is 0.350 e. The van der Waals surface area contributed by atoms with Crippen LogP contribution in [-0.2, 0) is 0 Å². The standard InChI is InChI=1S/C11H14BrN3O/c12-9-1-2-10(14-7-9)11(16)15-6-8-3-4-13-5-8/h1-2,7-8,13H,3-6H2,(H,15,16). The zero-order valence-corrected chi connectivity index (χ0v) is 10.5. The van der Waals surface area contributed by atoms with E-state index >= 15 is 0 Å². The highest BCUT2D eigenvalue weighted by Gasteiger charge is 2.15. The molecule has 0 saturated carbocycles. The van der Waals surface area contributed by atoms with Crippen LogP contribution in [0.3, 0.4) is 0 Å². The maximum atomic E-state index is 11.7. The second-order valence-corrected chi connectivity index (χ2v) is 4.85. The molecule has 2 heterocycles. The number of rotatable bonds is 3. The molecule has 1 aromatic heterocycles. The van der Waals surface area contributed by atoms with E-state index in [2.05, 4.69) is 31.5 Å². The van der Waals surface area contributed by atoms with Crippen LogP contribution in [0.1, 0.15) is 16.9 Å². The summed E-state index contributed by atoms with van der Waals surface area (Å²) >= 11 is 3.28. The molecule has 16 heavy (non-hydrogen) atoms. The van der Waals surface area contributed by atoms with Gasteiger partial charge in [-0.25, -0.2) is 4.98 Å². The quantitative estimate of drug-likeness (QED) is 0.876. The van der Waals surface area contributed by atoms with Crippen LogP contribution >= 0.6 is 15.9 Å². The van der Waals surface area contributed by atoms with E-state index in [4.69, 9.17) is 0 Å². The zero-order valence-electron chi connectivity index (χ0n) is 8.87. The van der Waals surface area contributed by atoms with E-state index < -0.39 is 0 Å². The third-order valence-corrected chi connectivity index (χ3v) is 3.14. The summed E-state index contributed by atoms with van der Waals surface area (Å²) in [6, 6.07) is 3.53. The molecule has 0 aliphatic carbocycles. The Labute approximate surface area is 103 Å². The van der Waals surface area contributed by atoms with Gasteiger partial charge in [-0.05, 0) is 53.5 Å². The van der Waals surface area contributed by atoms with Gasteiger partial charge in [0, 0.05) is 17.2 Å². The smallest absolute Gasteiger partial charge is 0.269 e. The third kappa shape index (κ3) is 3.02. The van der Waals surface area contributed by atoms with Crippen molar-refractivity contribution >= 4 is 21.8 Å². The Balaban J connectivity index is 1.85. The van der Waals surface area contributed by atoms with Crippen molar-refractivity contribution in [1.82, 2.24) is 15.6 Å². The average molecular weight is 284 g/mol. The number of amides is 1. The second-order valence-electron chi connectivity index (χ2n) is 3.93. The topological polar surface area (TPSA) is 54.0 Å². The van der Waals surface area contributed by atoms with Crippen molar-refractivity contribution in [1.29, 1.82) is 0 Å². The van der Waals surface area contributed by atoms with Crippen LogP contribution in [0.15, 0.2) is 22.8 Å². The normalized spacial score (nSPS) is 19.7. The van der Waals surface area contributed by atoms with E-state index in [0.717, 1.165) is 30.5 Å². The summed E-state index contributed by atoms with van der Waals surface area (Å²) in [6.07, 6.45) is 2.76. The molecule has 2 rings (SSSR count). The minimum Gasteiger partial charge on any atom is -0.350 e. The molecular weight excluding hydrogens is 270 g/mol. The van der Waals surface area contributed by atoms with Crippen molar-refractivity contribution in [3.05, 3.63) is 28.5 Å². The Kier molecular flexibility index (Phi) is 3.90. The summed E-state index contributed by atoms with van der Waals surface area (Å²) in [7, 11) is 0. The van der Waals surface area contributed by atoms with Gasteiger partial charge in [-0.15, -0.1) is 0 Å². The highest BCUT2D eigenvalue weighted by molar-refractivity contribution is 9.10. The zero-order chi connectivity index (χ0) is 11.4. The number of nitrogens with zero attached hydrogens (tertiary/aromatic N) is 1. The van der Waals surface area contributed by atoms with Crippen LogP contribution in [0, 0.1) is 5.92 Å². The van der Waals surface area contributed by atoms with Crippen LogP contribution in [0.4, 0.5) is 0 Å². The number of pyridine rings is 1. The van der Waals surface area contributed by atoms with E-state index in [9.17, 15) is 4.79 Å². The van der Waals surface area contributed by atoms with Crippen molar-refractivity contribution in [3.8, 4) is 0 Å². The molecule has 0 spiro atoms. The lowest BCUT2D eigenvalue weighted by atomic mass is 10.1. The molecule has 1 amide bonds. The third-order valence-electron chi connectivity index (χ3n) is 2.67. The molecule has 0 radical (unpaired) electrons. The number of halogens is 1. The second kappa shape index (κ2) is 5.41. The predicted octanol–water partition coefficient (Wildman–Crippen LogP) is 1.18. The molecule has 1 aromatic rings. The van der Waals surface area contributed by atoms with Gasteiger partial charge in [0.25, 0.3) is 5.91 Å². The Hall–Kier alpha value is -0.940. The fourth-order valence-corrected chi connectivity index (χ4v) is 1.96. The van der Waals surface area contributed by atoms with Gasteiger partial charge >= 0.3 is 0 Å². The van der Waals surface area contributed by atoms with Gasteiger partial charge in [-0.3, -0.25) is 4.79 Å². The summed E-state index contributed by atoms with van der Waals surface area (Å²) in [5.74, 6) is 0.457. The fourth-order valence-electron chi connectivity index (χ4n) is 1.73. The molecule has 2 N–H and O–H groups in total. The van der Waals surface area contributed by atoms with Crippen molar-refractivity contribution in [2.45, 2.75) is 6.42 Å². The number of carbonyl (C=O) groups excluding carboxylic acids is 1. The maximum absolute atomic E-state index is 11.7. The minimum atomic E-state index is -0.0978. The number of hydrogen-bond acceptors (Lipinski definition) is 3. The number of carbonyl (C=O) groups is 1. The van der Waals surface area contributed by atoms with E-state index in [0.29, 0.717) is 11.6 Å². The molecule has 1 aliphatic heterocycles. The molecule has 0 aromatic carbocycles. The lowest BCUT2D eigenvalue weighted by Gasteiger charge is -2.09. The van der Waals surface area contributed by atoms with Gasteiger partial charge in [0.05, 0.1) is 0 Å². The summed E-state index contributed by atoms with van der Waals surface area (Å²) in [5.41, 5.74) is 0.467.